The van der Waals surface area contributed by atoms with E-state index in [9.17, 15) is 17.6 Å². The van der Waals surface area contributed by atoms with Crippen LogP contribution >= 0.6 is 11.6 Å². The summed E-state index contributed by atoms with van der Waals surface area (Å²) in [6.45, 7) is 3.55. The quantitative estimate of drug-likeness (QED) is 0.602. The van der Waals surface area contributed by atoms with Crippen molar-refractivity contribution in [2.24, 2.45) is 0 Å². The lowest BCUT2D eigenvalue weighted by atomic mass is 10.1. The summed E-state index contributed by atoms with van der Waals surface area (Å²) in [5, 5.41) is 3.73. The molecule has 0 saturated carbocycles. The number of benzene rings is 2. The molecular formula is C20H19ClFN3O3S. The zero-order valence-electron chi connectivity index (χ0n) is 15.7. The second-order valence-electron chi connectivity index (χ2n) is 6.55. The van der Waals surface area contributed by atoms with Crippen molar-refractivity contribution >= 4 is 44.1 Å². The summed E-state index contributed by atoms with van der Waals surface area (Å²) in [7, 11) is -3.88. The standard InChI is InChI=1S/C20H19ClFN3O3S/c1-3-12(2)25-29(27,28)14-5-7-17(22)16(11-14)20(26)24-18-8-9-23-19-10-13(21)4-6-15(18)19/h4-12,25H,3H2,1-2H3,(H,23,24,26). The van der Waals surface area contributed by atoms with Gasteiger partial charge in [-0.05, 0) is 55.8 Å². The number of nitrogens with zero attached hydrogens (tertiary/aromatic N) is 1. The van der Waals surface area contributed by atoms with Gasteiger partial charge in [-0.3, -0.25) is 9.78 Å². The Morgan fingerprint density at radius 3 is 2.69 bits per heavy atom. The summed E-state index contributed by atoms with van der Waals surface area (Å²) in [5.41, 5.74) is 0.586. The molecule has 0 bridgehead atoms. The fraction of sp³-hybridized carbons (Fsp3) is 0.200. The van der Waals surface area contributed by atoms with Gasteiger partial charge < -0.3 is 5.32 Å². The molecule has 0 aliphatic carbocycles. The Balaban J connectivity index is 1.94. The second-order valence-corrected chi connectivity index (χ2v) is 8.70. The van der Waals surface area contributed by atoms with Crippen molar-refractivity contribution < 1.29 is 17.6 Å². The number of aromatic nitrogens is 1. The zero-order chi connectivity index (χ0) is 21.2. The van der Waals surface area contributed by atoms with Crippen molar-refractivity contribution in [1.29, 1.82) is 0 Å². The molecule has 1 amide bonds. The Morgan fingerprint density at radius 2 is 1.97 bits per heavy atom. The Hall–Kier alpha value is -2.55. The van der Waals surface area contributed by atoms with E-state index in [4.69, 9.17) is 11.6 Å². The number of carbonyl (C=O) groups excluding carboxylic acids is 1. The highest BCUT2D eigenvalue weighted by Crippen LogP contribution is 2.25. The largest absolute Gasteiger partial charge is 0.321 e. The molecular weight excluding hydrogens is 417 g/mol. The Kier molecular flexibility index (Phi) is 6.16. The Labute approximate surface area is 173 Å². The van der Waals surface area contributed by atoms with E-state index in [1.165, 1.54) is 6.20 Å². The smallest absolute Gasteiger partial charge is 0.258 e. The molecule has 0 aliphatic heterocycles. The normalized spacial score (nSPS) is 12.7. The summed E-state index contributed by atoms with van der Waals surface area (Å²) in [6.07, 6.45) is 2.08. The third-order valence-electron chi connectivity index (χ3n) is 4.41. The number of anilines is 1. The SMILES string of the molecule is CCC(C)NS(=O)(=O)c1ccc(F)c(C(=O)Nc2ccnc3cc(Cl)ccc23)c1. The predicted octanol–water partition coefficient (Wildman–Crippen LogP) is 4.36. The van der Waals surface area contributed by atoms with Crippen molar-refractivity contribution in [3.63, 3.8) is 0 Å². The van der Waals surface area contributed by atoms with Gasteiger partial charge in [0.15, 0.2) is 0 Å². The molecule has 29 heavy (non-hydrogen) atoms. The van der Waals surface area contributed by atoms with Crippen LogP contribution in [-0.4, -0.2) is 25.4 Å². The summed E-state index contributed by atoms with van der Waals surface area (Å²) in [6, 6.07) is 9.36. The molecule has 1 atom stereocenters. The first-order valence-electron chi connectivity index (χ1n) is 8.88. The molecule has 0 radical (unpaired) electrons. The lowest BCUT2D eigenvalue weighted by Crippen LogP contribution is -2.32. The predicted molar refractivity (Wildman–Crippen MR) is 111 cm³/mol. The highest BCUT2D eigenvalue weighted by Gasteiger charge is 2.21. The Bertz CT molecular complexity index is 1180. The van der Waals surface area contributed by atoms with E-state index < -0.39 is 21.7 Å². The average Bonchev–Trinajstić information content (AvgIpc) is 2.67. The maximum absolute atomic E-state index is 14.3. The molecule has 2 N–H and O–H groups in total. The second kappa shape index (κ2) is 8.44. The van der Waals surface area contributed by atoms with Crippen LogP contribution in [0.3, 0.4) is 0 Å². The van der Waals surface area contributed by atoms with E-state index in [1.807, 2.05) is 6.92 Å². The van der Waals surface area contributed by atoms with Gasteiger partial charge in [-0.25, -0.2) is 17.5 Å². The first-order valence-corrected chi connectivity index (χ1v) is 10.7. The lowest BCUT2D eigenvalue weighted by molar-refractivity contribution is 0.102. The number of pyridine rings is 1. The minimum Gasteiger partial charge on any atom is -0.321 e. The van der Waals surface area contributed by atoms with Crippen LogP contribution in [0.4, 0.5) is 10.1 Å². The summed E-state index contributed by atoms with van der Waals surface area (Å²) in [5.74, 6) is -1.60. The van der Waals surface area contributed by atoms with Gasteiger partial charge in [0.1, 0.15) is 5.82 Å². The van der Waals surface area contributed by atoms with Crippen LogP contribution in [-0.2, 0) is 10.0 Å². The molecule has 3 rings (SSSR count). The van der Waals surface area contributed by atoms with Crippen LogP contribution in [0, 0.1) is 5.82 Å². The van der Waals surface area contributed by atoms with Gasteiger partial charge in [-0.15, -0.1) is 0 Å². The van der Waals surface area contributed by atoms with E-state index in [1.54, 1.807) is 31.2 Å². The topological polar surface area (TPSA) is 88.2 Å². The molecule has 2 aromatic carbocycles. The molecule has 0 spiro atoms. The summed E-state index contributed by atoms with van der Waals surface area (Å²) >= 11 is 5.96. The first-order chi connectivity index (χ1) is 13.7. The molecule has 9 heteroatoms. The minimum atomic E-state index is -3.88. The molecule has 6 nitrogen and oxygen atoms in total. The fourth-order valence-corrected chi connectivity index (χ4v) is 4.20. The summed E-state index contributed by atoms with van der Waals surface area (Å²) < 4.78 is 41.7. The molecule has 0 aliphatic rings. The third-order valence-corrected chi connectivity index (χ3v) is 6.24. The monoisotopic (exact) mass is 435 g/mol. The van der Waals surface area contributed by atoms with Crippen molar-refractivity contribution in [1.82, 2.24) is 9.71 Å². The van der Waals surface area contributed by atoms with Gasteiger partial charge in [-0.1, -0.05) is 18.5 Å². The van der Waals surface area contributed by atoms with Crippen molar-refractivity contribution in [2.45, 2.75) is 31.2 Å². The number of carbonyl (C=O) groups is 1. The number of fused-ring (bicyclic) bond motifs is 1. The minimum absolute atomic E-state index is 0.185. The van der Waals surface area contributed by atoms with Gasteiger partial charge >= 0.3 is 0 Å². The number of halogens is 2. The van der Waals surface area contributed by atoms with Crippen molar-refractivity contribution in [2.75, 3.05) is 5.32 Å². The maximum atomic E-state index is 14.3. The van der Waals surface area contributed by atoms with E-state index >= 15 is 0 Å². The van der Waals surface area contributed by atoms with Gasteiger partial charge in [-0.2, -0.15) is 0 Å². The Morgan fingerprint density at radius 1 is 1.21 bits per heavy atom. The van der Waals surface area contributed by atoms with Crippen LogP contribution in [0.25, 0.3) is 10.9 Å². The van der Waals surface area contributed by atoms with Gasteiger partial charge in [0, 0.05) is 22.6 Å². The first kappa shape index (κ1) is 21.2. The van der Waals surface area contributed by atoms with Crippen LogP contribution in [0.5, 0.6) is 0 Å². The van der Waals surface area contributed by atoms with E-state index in [2.05, 4.69) is 15.0 Å². The average molecular weight is 436 g/mol. The number of hydrogen-bond acceptors (Lipinski definition) is 4. The van der Waals surface area contributed by atoms with E-state index in [-0.39, 0.29) is 16.5 Å². The number of amides is 1. The molecule has 1 unspecified atom stereocenters. The third kappa shape index (κ3) is 4.72. The van der Waals surface area contributed by atoms with Crippen molar-refractivity contribution in [3.8, 4) is 0 Å². The van der Waals surface area contributed by atoms with Gasteiger partial charge in [0.25, 0.3) is 5.91 Å². The molecule has 1 heterocycles. The molecule has 3 aromatic rings. The van der Waals surface area contributed by atoms with Crippen LogP contribution in [0.2, 0.25) is 5.02 Å². The van der Waals surface area contributed by atoms with E-state index in [0.717, 1.165) is 18.2 Å². The highest BCUT2D eigenvalue weighted by atomic mass is 35.5. The highest BCUT2D eigenvalue weighted by molar-refractivity contribution is 7.89. The van der Waals surface area contributed by atoms with Crippen LogP contribution < -0.4 is 10.0 Å². The number of hydrogen-bond donors (Lipinski definition) is 2. The number of sulfonamides is 1. The molecule has 0 fully saturated rings. The summed E-state index contributed by atoms with van der Waals surface area (Å²) in [4.78, 5) is 16.7. The fourth-order valence-electron chi connectivity index (χ4n) is 2.68. The number of rotatable bonds is 6. The molecule has 152 valence electrons. The number of nitrogens with one attached hydrogen (secondary N) is 2. The maximum Gasteiger partial charge on any atom is 0.258 e. The van der Waals surface area contributed by atoms with Crippen LogP contribution in [0.1, 0.15) is 30.6 Å². The van der Waals surface area contributed by atoms with Crippen molar-refractivity contribution in [3.05, 3.63) is 65.1 Å². The van der Waals surface area contributed by atoms with Crippen LogP contribution in [0.15, 0.2) is 53.6 Å². The lowest BCUT2D eigenvalue weighted by Gasteiger charge is -2.13. The van der Waals surface area contributed by atoms with E-state index in [0.29, 0.717) is 28.0 Å². The van der Waals surface area contributed by atoms with Gasteiger partial charge in [0.2, 0.25) is 10.0 Å². The zero-order valence-corrected chi connectivity index (χ0v) is 17.3. The molecule has 1 aromatic heterocycles. The molecule has 0 saturated heterocycles. The van der Waals surface area contributed by atoms with Gasteiger partial charge in [0.05, 0.1) is 21.7 Å².